The summed E-state index contributed by atoms with van der Waals surface area (Å²) in [5, 5.41) is 2.59. The third-order valence-electron chi connectivity index (χ3n) is 3.35. The molecule has 1 aromatic carbocycles. The zero-order valence-corrected chi connectivity index (χ0v) is 10.2. The Kier molecular flexibility index (Phi) is 4.15. The van der Waals surface area contributed by atoms with Crippen LogP contribution in [0.4, 0.5) is 14.9 Å². The number of carbonyl (C=O) groups excluding carboxylic acids is 1. The Hall–Kier alpha value is -1.62. The smallest absolute Gasteiger partial charge is 0.321 e. The minimum absolute atomic E-state index is 0.225. The van der Waals surface area contributed by atoms with E-state index in [-0.39, 0.29) is 11.7 Å². The van der Waals surface area contributed by atoms with Crippen molar-refractivity contribution in [2.75, 3.05) is 25.0 Å². The fourth-order valence-electron chi connectivity index (χ4n) is 2.13. The number of hydrogen-bond acceptors (Lipinski definition) is 2. The molecule has 1 saturated heterocycles. The van der Waals surface area contributed by atoms with E-state index in [0.29, 0.717) is 25.6 Å². The lowest BCUT2D eigenvalue weighted by molar-refractivity contribution is 0.184. The highest BCUT2D eigenvalue weighted by molar-refractivity contribution is 5.89. The summed E-state index contributed by atoms with van der Waals surface area (Å²) in [5.41, 5.74) is 5.82. The van der Waals surface area contributed by atoms with Gasteiger partial charge in [0.25, 0.3) is 0 Å². The first-order chi connectivity index (χ1) is 8.70. The van der Waals surface area contributed by atoms with Gasteiger partial charge in [0.1, 0.15) is 5.82 Å². The van der Waals surface area contributed by atoms with E-state index in [1.165, 1.54) is 6.07 Å². The molecule has 18 heavy (non-hydrogen) atoms. The van der Waals surface area contributed by atoms with Crippen LogP contribution in [0.15, 0.2) is 24.3 Å². The van der Waals surface area contributed by atoms with Crippen LogP contribution in [0, 0.1) is 11.7 Å². The van der Waals surface area contributed by atoms with Crippen LogP contribution in [0.1, 0.15) is 12.8 Å². The van der Waals surface area contributed by atoms with Crippen LogP contribution >= 0.6 is 0 Å². The first-order valence-corrected chi connectivity index (χ1v) is 6.21. The lowest BCUT2D eigenvalue weighted by Gasteiger charge is -2.31. The average Bonchev–Trinajstić information content (AvgIpc) is 2.41. The number of piperidine rings is 1. The zero-order chi connectivity index (χ0) is 13.0. The number of amides is 2. The van der Waals surface area contributed by atoms with E-state index in [0.717, 1.165) is 12.8 Å². The molecule has 0 atom stereocenters. The summed E-state index contributed by atoms with van der Waals surface area (Å²) in [6.45, 7) is 2.03. The maximum atomic E-state index is 13.4. The Bertz CT molecular complexity index is 416. The molecule has 5 heteroatoms. The molecule has 0 saturated carbocycles. The molecule has 0 unspecified atom stereocenters. The topological polar surface area (TPSA) is 58.4 Å². The van der Waals surface area contributed by atoms with E-state index in [2.05, 4.69) is 5.32 Å². The van der Waals surface area contributed by atoms with Crippen LogP contribution in [0.25, 0.3) is 0 Å². The van der Waals surface area contributed by atoms with E-state index >= 15 is 0 Å². The Labute approximate surface area is 106 Å². The van der Waals surface area contributed by atoms with E-state index in [1.54, 1.807) is 23.1 Å². The molecule has 1 fully saturated rings. The van der Waals surface area contributed by atoms with Crippen molar-refractivity contribution in [1.29, 1.82) is 0 Å². The molecule has 1 aliphatic heterocycles. The monoisotopic (exact) mass is 251 g/mol. The maximum absolute atomic E-state index is 13.4. The van der Waals surface area contributed by atoms with Crippen molar-refractivity contribution in [3.05, 3.63) is 30.1 Å². The van der Waals surface area contributed by atoms with Crippen LogP contribution in [0.2, 0.25) is 0 Å². The highest BCUT2D eigenvalue weighted by Gasteiger charge is 2.22. The Morgan fingerprint density at radius 2 is 2.06 bits per heavy atom. The second-order valence-electron chi connectivity index (χ2n) is 4.58. The van der Waals surface area contributed by atoms with Crippen molar-refractivity contribution in [3.8, 4) is 0 Å². The van der Waals surface area contributed by atoms with Crippen LogP contribution in [0.5, 0.6) is 0 Å². The van der Waals surface area contributed by atoms with Crippen molar-refractivity contribution >= 4 is 11.7 Å². The summed E-state index contributed by atoms with van der Waals surface area (Å²) in [6, 6.07) is 5.93. The second kappa shape index (κ2) is 5.82. The van der Waals surface area contributed by atoms with Gasteiger partial charge in [-0.05, 0) is 37.4 Å². The van der Waals surface area contributed by atoms with Crippen LogP contribution < -0.4 is 11.1 Å². The predicted octanol–water partition coefficient (Wildman–Crippen LogP) is 2.03. The molecule has 1 heterocycles. The number of rotatable bonds is 2. The summed E-state index contributed by atoms with van der Waals surface area (Å²) in [7, 11) is 0. The third-order valence-corrected chi connectivity index (χ3v) is 3.35. The van der Waals surface area contributed by atoms with E-state index in [1.807, 2.05) is 0 Å². The number of halogens is 1. The van der Waals surface area contributed by atoms with Gasteiger partial charge in [-0.3, -0.25) is 0 Å². The van der Waals surface area contributed by atoms with Crippen molar-refractivity contribution in [1.82, 2.24) is 4.90 Å². The molecule has 1 aliphatic rings. The van der Waals surface area contributed by atoms with Gasteiger partial charge in [0.05, 0.1) is 5.69 Å². The van der Waals surface area contributed by atoms with Gasteiger partial charge in [-0.2, -0.15) is 0 Å². The molecule has 4 nitrogen and oxygen atoms in total. The molecule has 3 N–H and O–H groups in total. The minimum atomic E-state index is -0.414. The van der Waals surface area contributed by atoms with Crippen LogP contribution in [-0.2, 0) is 0 Å². The molecule has 98 valence electrons. The van der Waals surface area contributed by atoms with Gasteiger partial charge in [0.15, 0.2) is 0 Å². The van der Waals surface area contributed by atoms with Crippen molar-refractivity contribution < 1.29 is 9.18 Å². The molecule has 0 radical (unpaired) electrons. The largest absolute Gasteiger partial charge is 0.330 e. The third kappa shape index (κ3) is 2.98. The fraction of sp³-hybridized carbons (Fsp3) is 0.462. The molecule has 0 bridgehead atoms. The minimum Gasteiger partial charge on any atom is -0.330 e. The molecule has 2 amide bonds. The number of nitrogens with two attached hydrogens (primary N) is 1. The van der Waals surface area contributed by atoms with Gasteiger partial charge in [-0.1, -0.05) is 12.1 Å². The molecule has 0 aliphatic carbocycles. The number of carbonyl (C=O) groups is 1. The lowest BCUT2D eigenvalue weighted by Crippen LogP contribution is -2.42. The number of para-hydroxylation sites is 1. The second-order valence-corrected chi connectivity index (χ2v) is 4.58. The Morgan fingerprint density at radius 1 is 1.39 bits per heavy atom. The highest BCUT2D eigenvalue weighted by Crippen LogP contribution is 2.18. The van der Waals surface area contributed by atoms with Gasteiger partial charge in [0.2, 0.25) is 0 Å². The van der Waals surface area contributed by atoms with Crippen LogP contribution in [-0.4, -0.2) is 30.6 Å². The number of nitrogens with one attached hydrogen (secondary N) is 1. The van der Waals surface area contributed by atoms with Gasteiger partial charge in [0, 0.05) is 13.1 Å². The summed E-state index contributed by atoms with van der Waals surface area (Å²) >= 11 is 0. The number of hydrogen-bond donors (Lipinski definition) is 2. The summed E-state index contributed by atoms with van der Waals surface area (Å²) in [6.07, 6.45) is 1.84. The van der Waals surface area contributed by atoms with Gasteiger partial charge in [-0.15, -0.1) is 0 Å². The lowest BCUT2D eigenvalue weighted by atomic mass is 9.97. The van der Waals surface area contributed by atoms with Crippen molar-refractivity contribution in [2.24, 2.45) is 11.7 Å². The quantitative estimate of drug-likeness (QED) is 0.845. The number of anilines is 1. The normalized spacial score (nSPS) is 16.7. The van der Waals surface area contributed by atoms with Crippen LogP contribution in [0.3, 0.4) is 0 Å². The SMILES string of the molecule is NCC1CCN(C(=O)Nc2ccccc2F)CC1. The first-order valence-electron chi connectivity index (χ1n) is 6.21. The highest BCUT2D eigenvalue weighted by atomic mass is 19.1. The molecular weight excluding hydrogens is 233 g/mol. The average molecular weight is 251 g/mol. The van der Waals surface area contributed by atoms with Crippen molar-refractivity contribution in [2.45, 2.75) is 12.8 Å². The predicted molar refractivity (Wildman–Crippen MR) is 68.8 cm³/mol. The van der Waals surface area contributed by atoms with Gasteiger partial charge >= 0.3 is 6.03 Å². The molecular formula is C13H18FN3O. The van der Waals surface area contributed by atoms with Crippen molar-refractivity contribution in [3.63, 3.8) is 0 Å². The summed E-state index contributed by atoms with van der Waals surface area (Å²) in [4.78, 5) is 13.6. The molecule has 1 aromatic rings. The number of likely N-dealkylation sites (tertiary alicyclic amines) is 1. The first kappa shape index (κ1) is 12.8. The fourth-order valence-corrected chi connectivity index (χ4v) is 2.13. The Balaban J connectivity index is 1.91. The zero-order valence-electron chi connectivity index (χ0n) is 10.2. The maximum Gasteiger partial charge on any atom is 0.321 e. The molecule has 2 rings (SSSR count). The Morgan fingerprint density at radius 3 is 2.67 bits per heavy atom. The molecule has 0 aromatic heterocycles. The number of benzene rings is 1. The van der Waals surface area contributed by atoms with E-state index < -0.39 is 5.82 Å². The summed E-state index contributed by atoms with van der Waals surface area (Å²) < 4.78 is 13.4. The van der Waals surface area contributed by atoms with Gasteiger partial charge < -0.3 is 16.0 Å². The molecule has 0 spiro atoms. The van der Waals surface area contributed by atoms with Gasteiger partial charge in [-0.25, -0.2) is 9.18 Å². The number of urea groups is 1. The standard InChI is InChI=1S/C13H18FN3O/c14-11-3-1-2-4-12(11)16-13(18)17-7-5-10(9-15)6-8-17/h1-4,10H,5-9,15H2,(H,16,18). The van der Waals surface area contributed by atoms with E-state index in [9.17, 15) is 9.18 Å². The number of nitrogens with zero attached hydrogens (tertiary/aromatic N) is 1. The summed E-state index contributed by atoms with van der Waals surface area (Å²) in [5.74, 6) is 0.0882. The van der Waals surface area contributed by atoms with E-state index in [4.69, 9.17) is 5.73 Å².